The maximum absolute atomic E-state index is 11.0. The van der Waals surface area contributed by atoms with Crippen molar-refractivity contribution in [3.63, 3.8) is 0 Å². The Morgan fingerprint density at radius 1 is 1.53 bits per heavy atom. The quantitative estimate of drug-likeness (QED) is 0.593. The number of nitrogens with two attached hydrogens (primary N) is 1. The third-order valence-corrected chi connectivity index (χ3v) is 2.52. The third-order valence-electron chi connectivity index (χ3n) is 2.52. The van der Waals surface area contributed by atoms with E-state index in [4.69, 9.17) is 10.8 Å². The smallest absolute Gasteiger partial charge is 0.321 e. The number of imidazole rings is 2. The standard InChI is InChI=1S/C10H13N5O2/c1-5-2-13-9(15-5)7(8(11)10(16)17)6-3-12-4-14-6/h2-4,7-8H,11H2,1H3,(H,12,14)(H,13,15)(H,16,17). The van der Waals surface area contributed by atoms with E-state index in [0.717, 1.165) is 5.69 Å². The predicted octanol–water partition coefficient (Wildman–Crippen LogP) is -0.0150. The van der Waals surface area contributed by atoms with Crippen LogP contribution in [0.1, 0.15) is 23.1 Å². The van der Waals surface area contributed by atoms with Crippen molar-refractivity contribution in [1.29, 1.82) is 0 Å². The minimum atomic E-state index is -1.08. The summed E-state index contributed by atoms with van der Waals surface area (Å²) in [6, 6.07) is -1.08. The fourth-order valence-corrected chi connectivity index (χ4v) is 1.68. The lowest BCUT2D eigenvalue weighted by Gasteiger charge is -2.17. The van der Waals surface area contributed by atoms with Gasteiger partial charge >= 0.3 is 5.97 Å². The van der Waals surface area contributed by atoms with E-state index in [2.05, 4.69) is 19.9 Å². The minimum Gasteiger partial charge on any atom is -0.480 e. The van der Waals surface area contributed by atoms with Gasteiger partial charge in [0.1, 0.15) is 11.9 Å². The van der Waals surface area contributed by atoms with E-state index in [-0.39, 0.29) is 0 Å². The van der Waals surface area contributed by atoms with E-state index < -0.39 is 17.9 Å². The summed E-state index contributed by atoms with van der Waals surface area (Å²) in [6.45, 7) is 1.84. The normalized spacial score (nSPS) is 14.5. The first-order valence-electron chi connectivity index (χ1n) is 5.07. The van der Waals surface area contributed by atoms with Gasteiger partial charge in [-0.2, -0.15) is 0 Å². The Labute approximate surface area is 97.1 Å². The van der Waals surface area contributed by atoms with Gasteiger partial charge in [0, 0.05) is 23.8 Å². The molecule has 0 spiro atoms. The average Bonchev–Trinajstić information content (AvgIpc) is 2.90. The highest BCUT2D eigenvalue weighted by molar-refractivity contribution is 5.75. The van der Waals surface area contributed by atoms with Gasteiger partial charge in [-0.25, -0.2) is 9.97 Å². The minimum absolute atomic E-state index is 0.515. The van der Waals surface area contributed by atoms with Crippen molar-refractivity contribution in [2.75, 3.05) is 0 Å². The summed E-state index contributed by atoms with van der Waals surface area (Å²) in [4.78, 5) is 24.9. The fraction of sp³-hybridized carbons (Fsp3) is 0.300. The second-order valence-electron chi connectivity index (χ2n) is 3.80. The molecule has 7 nitrogen and oxygen atoms in total. The van der Waals surface area contributed by atoms with Crippen LogP contribution in [0.3, 0.4) is 0 Å². The average molecular weight is 235 g/mol. The van der Waals surface area contributed by atoms with E-state index in [1.165, 1.54) is 6.33 Å². The van der Waals surface area contributed by atoms with Crippen molar-refractivity contribution in [2.24, 2.45) is 5.73 Å². The molecule has 5 N–H and O–H groups in total. The Bertz CT molecular complexity index is 505. The molecule has 0 radical (unpaired) electrons. The molecule has 2 heterocycles. The van der Waals surface area contributed by atoms with Gasteiger partial charge in [0.2, 0.25) is 0 Å². The Morgan fingerprint density at radius 2 is 2.29 bits per heavy atom. The second-order valence-corrected chi connectivity index (χ2v) is 3.80. The van der Waals surface area contributed by atoms with Crippen LogP contribution in [0.4, 0.5) is 0 Å². The van der Waals surface area contributed by atoms with Crippen molar-refractivity contribution in [1.82, 2.24) is 19.9 Å². The highest BCUT2D eigenvalue weighted by Crippen LogP contribution is 2.23. The highest BCUT2D eigenvalue weighted by Gasteiger charge is 2.30. The first kappa shape index (κ1) is 11.3. The lowest BCUT2D eigenvalue weighted by molar-refractivity contribution is -0.138. The van der Waals surface area contributed by atoms with Gasteiger partial charge < -0.3 is 20.8 Å². The SMILES string of the molecule is Cc1cnc(C(c2cnc[nH]2)C(N)C(=O)O)[nH]1. The predicted molar refractivity (Wildman–Crippen MR) is 59.4 cm³/mol. The number of aromatic nitrogens is 4. The van der Waals surface area contributed by atoms with E-state index in [1.807, 2.05) is 6.92 Å². The van der Waals surface area contributed by atoms with Crippen LogP contribution >= 0.6 is 0 Å². The number of aryl methyl sites for hydroxylation is 1. The van der Waals surface area contributed by atoms with Crippen LogP contribution in [0.5, 0.6) is 0 Å². The van der Waals surface area contributed by atoms with Gasteiger partial charge in [-0.05, 0) is 6.92 Å². The lowest BCUT2D eigenvalue weighted by Crippen LogP contribution is -2.37. The monoisotopic (exact) mass is 235 g/mol. The van der Waals surface area contributed by atoms with Crippen LogP contribution in [-0.2, 0) is 4.79 Å². The fourth-order valence-electron chi connectivity index (χ4n) is 1.68. The van der Waals surface area contributed by atoms with E-state index >= 15 is 0 Å². The van der Waals surface area contributed by atoms with Crippen molar-refractivity contribution in [2.45, 2.75) is 18.9 Å². The largest absolute Gasteiger partial charge is 0.480 e. The third kappa shape index (κ3) is 2.18. The molecule has 90 valence electrons. The number of hydrogen-bond donors (Lipinski definition) is 4. The van der Waals surface area contributed by atoms with Gasteiger partial charge in [-0.15, -0.1) is 0 Å². The van der Waals surface area contributed by atoms with Crippen LogP contribution in [0, 0.1) is 6.92 Å². The molecule has 0 amide bonds. The van der Waals surface area contributed by atoms with Crippen LogP contribution in [0.2, 0.25) is 0 Å². The molecular weight excluding hydrogens is 222 g/mol. The molecule has 2 aromatic rings. The number of carboxylic acid groups (broad SMARTS) is 1. The summed E-state index contributed by atoms with van der Waals surface area (Å²) in [5, 5.41) is 9.02. The van der Waals surface area contributed by atoms with Crippen LogP contribution in [0.25, 0.3) is 0 Å². The zero-order valence-electron chi connectivity index (χ0n) is 9.21. The molecule has 2 rings (SSSR count). The van der Waals surface area contributed by atoms with Crippen LogP contribution in [0.15, 0.2) is 18.7 Å². The van der Waals surface area contributed by atoms with Crippen LogP contribution < -0.4 is 5.73 Å². The van der Waals surface area contributed by atoms with Crippen molar-refractivity contribution in [3.8, 4) is 0 Å². The molecule has 17 heavy (non-hydrogen) atoms. The van der Waals surface area contributed by atoms with Crippen LogP contribution in [-0.4, -0.2) is 37.1 Å². The van der Waals surface area contributed by atoms with E-state index in [9.17, 15) is 4.79 Å². The summed E-state index contributed by atoms with van der Waals surface area (Å²) in [6.07, 6.45) is 4.66. The Hall–Kier alpha value is -2.15. The van der Waals surface area contributed by atoms with Crippen molar-refractivity contribution in [3.05, 3.63) is 35.9 Å². The Kier molecular flexibility index (Phi) is 2.92. The summed E-state index contributed by atoms with van der Waals surface area (Å²) < 4.78 is 0. The molecule has 2 unspecified atom stereocenters. The zero-order valence-corrected chi connectivity index (χ0v) is 9.21. The number of rotatable bonds is 4. The molecule has 2 aromatic heterocycles. The summed E-state index contributed by atoms with van der Waals surface area (Å²) in [7, 11) is 0. The Morgan fingerprint density at radius 3 is 2.76 bits per heavy atom. The molecule has 0 aromatic carbocycles. The number of nitrogens with one attached hydrogen (secondary N) is 2. The van der Waals surface area contributed by atoms with Crippen molar-refractivity contribution < 1.29 is 9.90 Å². The molecule has 0 saturated heterocycles. The maximum Gasteiger partial charge on any atom is 0.321 e. The number of carbonyl (C=O) groups is 1. The number of hydrogen-bond acceptors (Lipinski definition) is 4. The number of carboxylic acids is 1. The molecule has 0 aliphatic rings. The lowest BCUT2D eigenvalue weighted by atomic mass is 9.96. The van der Waals surface area contributed by atoms with E-state index in [0.29, 0.717) is 11.5 Å². The van der Waals surface area contributed by atoms with Crippen molar-refractivity contribution >= 4 is 5.97 Å². The number of aliphatic carboxylic acids is 1. The first-order valence-corrected chi connectivity index (χ1v) is 5.07. The molecule has 0 aliphatic carbocycles. The number of H-pyrrole nitrogens is 2. The van der Waals surface area contributed by atoms with Gasteiger partial charge in [0.15, 0.2) is 0 Å². The van der Waals surface area contributed by atoms with Gasteiger partial charge in [-0.3, -0.25) is 4.79 Å². The summed E-state index contributed by atoms with van der Waals surface area (Å²) in [5.74, 6) is -1.14. The maximum atomic E-state index is 11.0. The highest BCUT2D eigenvalue weighted by atomic mass is 16.4. The van der Waals surface area contributed by atoms with Gasteiger partial charge in [0.25, 0.3) is 0 Å². The Balaban J connectivity index is 2.41. The molecule has 0 aliphatic heterocycles. The molecule has 2 atom stereocenters. The topological polar surface area (TPSA) is 121 Å². The van der Waals surface area contributed by atoms with Gasteiger partial charge in [-0.1, -0.05) is 0 Å². The molecule has 0 fully saturated rings. The molecule has 7 heteroatoms. The first-order chi connectivity index (χ1) is 8.09. The number of aromatic amines is 2. The molecule has 0 bridgehead atoms. The second kappa shape index (κ2) is 4.38. The number of nitrogens with zero attached hydrogens (tertiary/aromatic N) is 2. The summed E-state index contributed by atoms with van der Waals surface area (Å²) >= 11 is 0. The molecule has 0 saturated carbocycles. The molecular formula is C10H13N5O2. The van der Waals surface area contributed by atoms with Gasteiger partial charge in [0.05, 0.1) is 12.2 Å². The van der Waals surface area contributed by atoms with E-state index in [1.54, 1.807) is 12.4 Å². The summed E-state index contributed by atoms with van der Waals surface area (Å²) in [5.41, 5.74) is 7.15. The zero-order chi connectivity index (χ0) is 12.4.